The molecule has 0 aliphatic carbocycles. The number of hydrogen-bond acceptors (Lipinski definition) is 3. The third-order valence-electron chi connectivity index (χ3n) is 2.96. The SMILES string of the molecule is O=C(CCl)Nc1cc(C(=O)Nc2ccc(Br)cc2)ccc1OC(F)F. The van der Waals surface area contributed by atoms with Crippen molar-refractivity contribution in [3.05, 3.63) is 52.5 Å². The van der Waals surface area contributed by atoms with E-state index in [1.54, 1.807) is 24.3 Å². The van der Waals surface area contributed by atoms with Crippen LogP contribution in [0, 0.1) is 0 Å². The standard InChI is InChI=1S/C16H12BrClF2N2O3/c17-10-2-4-11(5-3-10)21-15(24)9-1-6-13(25-16(19)20)12(7-9)22-14(23)8-18/h1-7,16H,8H2,(H,21,24)(H,22,23). The number of alkyl halides is 3. The van der Waals surface area contributed by atoms with E-state index in [0.29, 0.717) is 5.69 Å². The highest BCUT2D eigenvalue weighted by Gasteiger charge is 2.15. The van der Waals surface area contributed by atoms with Crippen LogP contribution in [0.5, 0.6) is 5.75 Å². The van der Waals surface area contributed by atoms with Crippen LogP contribution in [0.25, 0.3) is 0 Å². The number of halogens is 4. The molecular formula is C16H12BrClF2N2O3. The van der Waals surface area contributed by atoms with Gasteiger partial charge in [0, 0.05) is 15.7 Å². The first-order valence-electron chi connectivity index (χ1n) is 6.90. The minimum atomic E-state index is -3.07. The van der Waals surface area contributed by atoms with Gasteiger partial charge in [0.1, 0.15) is 11.6 Å². The second-order valence-corrected chi connectivity index (χ2v) is 5.92. The van der Waals surface area contributed by atoms with Crippen molar-refractivity contribution in [2.45, 2.75) is 6.61 Å². The van der Waals surface area contributed by atoms with Gasteiger partial charge >= 0.3 is 6.61 Å². The average Bonchev–Trinajstić information content (AvgIpc) is 2.57. The highest BCUT2D eigenvalue weighted by atomic mass is 79.9. The van der Waals surface area contributed by atoms with Crippen LogP contribution >= 0.6 is 27.5 Å². The fourth-order valence-electron chi connectivity index (χ4n) is 1.89. The van der Waals surface area contributed by atoms with E-state index in [9.17, 15) is 18.4 Å². The Morgan fingerprint density at radius 3 is 2.40 bits per heavy atom. The van der Waals surface area contributed by atoms with Crippen molar-refractivity contribution in [2.75, 3.05) is 16.5 Å². The number of ether oxygens (including phenoxy) is 1. The molecule has 0 heterocycles. The van der Waals surface area contributed by atoms with Crippen LogP contribution < -0.4 is 15.4 Å². The van der Waals surface area contributed by atoms with Gasteiger partial charge in [-0.05, 0) is 42.5 Å². The summed E-state index contributed by atoms with van der Waals surface area (Å²) in [5, 5.41) is 4.97. The van der Waals surface area contributed by atoms with E-state index >= 15 is 0 Å². The van der Waals surface area contributed by atoms with Crippen molar-refractivity contribution in [2.24, 2.45) is 0 Å². The highest BCUT2D eigenvalue weighted by Crippen LogP contribution is 2.28. The molecule has 0 aromatic heterocycles. The quantitative estimate of drug-likeness (QED) is 0.660. The van der Waals surface area contributed by atoms with Gasteiger partial charge < -0.3 is 15.4 Å². The number of benzene rings is 2. The molecule has 2 rings (SSSR count). The Morgan fingerprint density at radius 1 is 1.12 bits per heavy atom. The summed E-state index contributed by atoms with van der Waals surface area (Å²) in [6, 6.07) is 10.6. The molecule has 0 saturated heterocycles. The van der Waals surface area contributed by atoms with Crippen molar-refractivity contribution in [3.63, 3.8) is 0 Å². The van der Waals surface area contributed by atoms with E-state index in [2.05, 4.69) is 31.3 Å². The molecule has 0 fully saturated rings. The Hall–Kier alpha value is -2.19. The van der Waals surface area contributed by atoms with E-state index in [0.717, 1.165) is 4.47 Å². The maximum Gasteiger partial charge on any atom is 0.387 e. The lowest BCUT2D eigenvalue weighted by Crippen LogP contribution is -2.17. The van der Waals surface area contributed by atoms with Gasteiger partial charge in [-0.1, -0.05) is 15.9 Å². The van der Waals surface area contributed by atoms with Gasteiger partial charge in [0.25, 0.3) is 5.91 Å². The number of anilines is 2. The topological polar surface area (TPSA) is 67.4 Å². The van der Waals surface area contributed by atoms with Crippen LogP contribution in [0.1, 0.15) is 10.4 Å². The van der Waals surface area contributed by atoms with Gasteiger partial charge in [0.2, 0.25) is 5.91 Å². The van der Waals surface area contributed by atoms with Gasteiger partial charge in [-0.25, -0.2) is 0 Å². The number of carbonyl (C=O) groups excluding carboxylic acids is 2. The van der Waals surface area contributed by atoms with E-state index in [1.165, 1.54) is 18.2 Å². The Morgan fingerprint density at radius 2 is 1.80 bits per heavy atom. The molecule has 132 valence electrons. The smallest absolute Gasteiger partial charge is 0.387 e. The Labute approximate surface area is 155 Å². The summed E-state index contributed by atoms with van der Waals surface area (Å²) in [6.45, 7) is -3.07. The summed E-state index contributed by atoms with van der Waals surface area (Å²) >= 11 is 8.68. The third-order valence-corrected chi connectivity index (χ3v) is 3.73. The fourth-order valence-corrected chi connectivity index (χ4v) is 2.22. The van der Waals surface area contributed by atoms with Crippen LogP contribution in [0.4, 0.5) is 20.2 Å². The Kier molecular flexibility index (Phi) is 6.72. The average molecular weight is 434 g/mol. The normalized spacial score (nSPS) is 10.4. The summed E-state index contributed by atoms with van der Waals surface area (Å²) in [5.41, 5.74) is 0.622. The predicted octanol–water partition coefficient (Wildman–Crippen LogP) is 4.48. The number of rotatable bonds is 6. The van der Waals surface area contributed by atoms with E-state index in [1.807, 2.05) is 0 Å². The first kappa shape index (κ1) is 19.1. The summed E-state index contributed by atoms with van der Waals surface area (Å²) in [4.78, 5) is 23.7. The number of amides is 2. The first-order valence-corrected chi connectivity index (χ1v) is 8.23. The molecule has 2 aromatic carbocycles. The van der Waals surface area contributed by atoms with Gasteiger partial charge in [-0.2, -0.15) is 8.78 Å². The molecule has 0 bridgehead atoms. The van der Waals surface area contributed by atoms with E-state index in [-0.39, 0.29) is 22.9 Å². The van der Waals surface area contributed by atoms with Crippen molar-refractivity contribution < 1.29 is 23.1 Å². The summed E-state index contributed by atoms with van der Waals surface area (Å²) < 4.78 is 30.1. The molecule has 2 amide bonds. The molecule has 0 radical (unpaired) electrons. The second kappa shape index (κ2) is 8.77. The molecule has 2 N–H and O–H groups in total. The molecule has 0 aliphatic rings. The number of carbonyl (C=O) groups is 2. The fraction of sp³-hybridized carbons (Fsp3) is 0.125. The van der Waals surface area contributed by atoms with Gasteiger partial charge in [0.15, 0.2) is 0 Å². The summed E-state index contributed by atoms with van der Waals surface area (Å²) in [5.74, 6) is -1.74. The minimum Gasteiger partial charge on any atom is -0.433 e. The van der Waals surface area contributed by atoms with Crippen molar-refractivity contribution in [3.8, 4) is 5.75 Å². The second-order valence-electron chi connectivity index (χ2n) is 4.73. The molecule has 0 atom stereocenters. The van der Waals surface area contributed by atoms with Gasteiger partial charge in [0.05, 0.1) is 5.69 Å². The molecule has 25 heavy (non-hydrogen) atoms. The molecule has 0 unspecified atom stereocenters. The zero-order valence-corrected chi connectivity index (χ0v) is 14.9. The minimum absolute atomic E-state index is 0.0746. The Bertz CT molecular complexity index is 772. The highest BCUT2D eigenvalue weighted by molar-refractivity contribution is 9.10. The van der Waals surface area contributed by atoms with Crippen LogP contribution in [0.2, 0.25) is 0 Å². The maximum absolute atomic E-state index is 12.5. The summed E-state index contributed by atoms with van der Waals surface area (Å²) in [7, 11) is 0. The van der Waals surface area contributed by atoms with Gasteiger partial charge in [-0.15, -0.1) is 11.6 Å². The van der Waals surface area contributed by atoms with Gasteiger partial charge in [-0.3, -0.25) is 9.59 Å². The van der Waals surface area contributed by atoms with Crippen LogP contribution in [0.15, 0.2) is 46.9 Å². The Balaban J connectivity index is 2.24. The van der Waals surface area contributed by atoms with E-state index in [4.69, 9.17) is 11.6 Å². The lowest BCUT2D eigenvalue weighted by Gasteiger charge is -2.13. The molecule has 0 aliphatic heterocycles. The number of hydrogen-bond donors (Lipinski definition) is 2. The molecule has 2 aromatic rings. The first-order chi connectivity index (χ1) is 11.9. The number of nitrogens with one attached hydrogen (secondary N) is 2. The van der Waals surface area contributed by atoms with Crippen LogP contribution in [-0.2, 0) is 4.79 Å². The molecule has 5 nitrogen and oxygen atoms in total. The summed E-state index contributed by atoms with van der Waals surface area (Å²) in [6.07, 6.45) is 0. The lowest BCUT2D eigenvalue weighted by atomic mass is 10.1. The largest absolute Gasteiger partial charge is 0.433 e. The monoisotopic (exact) mass is 432 g/mol. The maximum atomic E-state index is 12.5. The third kappa shape index (κ3) is 5.68. The van der Waals surface area contributed by atoms with Crippen LogP contribution in [-0.4, -0.2) is 24.3 Å². The molecule has 0 saturated carbocycles. The predicted molar refractivity (Wildman–Crippen MR) is 94.5 cm³/mol. The van der Waals surface area contributed by atoms with E-state index < -0.39 is 18.4 Å². The molecular weight excluding hydrogens is 422 g/mol. The molecule has 0 spiro atoms. The lowest BCUT2D eigenvalue weighted by molar-refractivity contribution is -0.114. The van der Waals surface area contributed by atoms with Crippen LogP contribution in [0.3, 0.4) is 0 Å². The zero-order chi connectivity index (χ0) is 18.4. The van der Waals surface area contributed by atoms with Crippen molar-refractivity contribution in [1.29, 1.82) is 0 Å². The molecule has 9 heteroatoms. The van der Waals surface area contributed by atoms with Crippen molar-refractivity contribution in [1.82, 2.24) is 0 Å². The van der Waals surface area contributed by atoms with Crippen molar-refractivity contribution >= 4 is 50.7 Å². The zero-order valence-electron chi connectivity index (χ0n) is 12.6.